The molecule has 0 unspecified atom stereocenters. The molecule has 0 radical (unpaired) electrons. The van der Waals surface area contributed by atoms with E-state index in [-0.39, 0.29) is 22.8 Å². The lowest BCUT2D eigenvalue weighted by atomic mass is 10.2. The summed E-state index contributed by atoms with van der Waals surface area (Å²) in [5.41, 5.74) is 0.854. The Kier molecular flexibility index (Phi) is 5.43. The second-order valence-electron chi connectivity index (χ2n) is 6.62. The van der Waals surface area contributed by atoms with Crippen LogP contribution in [0.5, 0.6) is 0 Å². The van der Waals surface area contributed by atoms with Gasteiger partial charge in [-0.2, -0.15) is 4.31 Å². The van der Waals surface area contributed by atoms with Gasteiger partial charge in [0.15, 0.2) is 5.13 Å². The van der Waals surface area contributed by atoms with Crippen molar-refractivity contribution in [3.8, 4) is 0 Å². The Hall–Kier alpha value is -1.20. The number of hydrogen-bond donors (Lipinski definition) is 2. The van der Waals surface area contributed by atoms with Crippen molar-refractivity contribution in [2.75, 3.05) is 11.9 Å². The third kappa shape index (κ3) is 4.14. The number of sulfonamides is 1. The van der Waals surface area contributed by atoms with Crippen LogP contribution in [-0.4, -0.2) is 36.3 Å². The van der Waals surface area contributed by atoms with Crippen molar-refractivity contribution in [2.24, 2.45) is 0 Å². The lowest BCUT2D eigenvalue weighted by molar-refractivity contribution is 0.248. The molecular weight excluding hydrogens is 428 g/mol. The van der Waals surface area contributed by atoms with Crippen molar-refractivity contribution < 1.29 is 13.2 Å². The Labute approximate surface area is 170 Å². The minimum atomic E-state index is -3.57. The van der Waals surface area contributed by atoms with Gasteiger partial charge in [0, 0.05) is 23.9 Å². The lowest BCUT2D eigenvalue weighted by Gasteiger charge is -2.24. The monoisotopic (exact) mass is 446 g/mol. The number of thiazole rings is 1. The topological polar surface area (TPSA) is 91.4 Å². The summed E-state index contributed by atoms with van der Waals surface area (Å²) in [6.07, 6.45) is 4.85. The van der Waals surface area contributed by atoms with E-state index < -0.39 is 10.0 Å². The van der Waals surface area contributed by atoms with Crippen LogP contribution >= 0.6 is 34.3 Å². The van der Waals surface area contributed by atoms with Gasteiger partial charge in [-0.25, -0.2) is 18.2 Å². The smallest absolute Gasteiger partial charge is 0.321 e. The Morgan fingerprint density at radius 2 is 2.04 bits per heavy atom. The maximum atomic E-state index is 12.8. The van der Waals surface area contributed by atoms with Gasteiger partial charge >= 0.3 is 6.03 Å². The van der Waals surface area contributed by atoms with Gasteiger partial charge in [0.2, 0.25) is 0 Å². The first kappa shape index (κ1) is 19.1. The number of amides is 2. The molecule has 2 aromatic heterocycles. The summed E-state index contributed by atoms with van der Waals surface area (Å²) in [4.78, 5) is 17.4. The fourth-order valence-electron chi connectivity index (χ4n) is 3.38. The van der Waals surface area contributed by atoms with Gasteiger partial charge in [0.05, 0.1) is 16.6 Å². The van der Waals surface area contributed by atoms with Crippen molar-refractivity contribution in [3.63, 3.8) is 0 Å². The summed E-state index contributed by atoms with van der Waals surface area (Å²) in [5, 5.41) is 6.26. The van der Waals surface area contributed by atoms with E-state index in [0.29, 0.717) is 22.4 Å². The number of fused-ring (bicyclic) bond motifs is 1. The average Bonchev–Trinajstić information content (AvgIpc) is 3.34. The van der Waals surface area contributed by atoms with Crippen LogP contribution in [0.15, 0.2) is 16.3 Å². The standard InChI is InChI=1S/C16H19ClN4O3S3/c17-13-5-6-14(26-13)27(23,24)21-8-7-11-12(9-21)25-16(19-11)20-15(22)18-10-3-1-2-4-10/h5-6,10H,1-4,7-9H2,(H2,18,19,20,22). The van der Waals surface area contributed by atoms with Crippen LogP contribution in [0.1, 0.15) is 36.3 Å². The first-order chi connectivity index (χ1) is 12.9. The second-order valence-corrected chi connectivity index (χ2v) is 11.6. The normalized spacial score (nSPS) is 18.4. The number of urea groups is 1. The van der Waals surface area contributed by atoms with Gasteiger partial charge in [-0.05, 0) is 25.0 Å². The molecule has 11 heteroatoms. The van der Waals surface area contributed by atoms with E-state index in [9.17, 15) is 13.2 Å². The molecule has 1 saturated carbocycles. The van der Waals surface area contributed by atoms with Crippen molar-refractivity contribution in [1.29, 1.82) is 0 Å². The van der Waals surface area contributed by atoms with Crippen LogP contribution in [0.25, 0.3) is 0 Å². The number of nitrogens with zero attached hydrogens (tertiary/aromatic N) is 2. The minimum Gasteiger partial charge on any atom is -0.335 e. The molecule has 2 amide bonds. The third-order valence-electron chi connectivity index (χ3n) is 4.75. The number of rotatable bonds is 4. The molecule has 0 aromatic carbocycles. The number of halogens is 1. The number of nitrogens with one attached hydrogen (secondary N) is 2. The van der Waals surface area contributed by atoms with Crippen LogP contribution in [0, 0.1) is 0 Å². The van der Waals surface area contributed by atoms with Gasteiger partial charge < -0.3 is 5.32 Å². The summed E-state index contributed by atoms with van der Waals surface area (Å²) in [6.45, 7) is 0.624. The highest BCUT2D eigenvalue weighted by Crippen LogP contribution is 2.33. The van der Waals surface area contributed by atoms with E-state index in [2.05, 4.69) is 15.6 Å². The zero-order valence-electron chi connectivity index (χ0n) is 14.4. The number of thiophene rings is 1. The zero-order valence-corrected chi connectivity index (χ0v) is 17.6. The zero-order chi connectivity index (χ0) is 19.0. The van der Waals surface area contributed by atoms with Crippen molar-refractivity contribution in [1.82, 2.24) is 14.6 Å². The Morgan fingerprint density at radius 1 is 1.26 bits per heavy atom. The van der Waals surface area contributed by atoms with Gasteiger partial charge in [-0.1, -0.05) is 35.8 Å². The largest absolute Gasteiger partial charge is 0.335 e. The maximum Gasteiger partial charge on any atom is 0.321 e. The van der Waals surface area contributed by atoms with E-state index in [1.807, 2.05) is 0 Å². The molecule has 1 fully saturated rings. The quantitative estimate of drug-likeness (QED) is 0.749. The number of carbonyl (C=O) groups is 1. The molecule has 0 spiro atoms. The van der Waals surface area contributed by atoms with Crippen LogP contribution < -0.4 is 10.6 Å². The fourth-order valence-corrected chi connectivity index (χ4v) is 7.53. The number of hydrogen-bond acceptors (Lipinski definition) is 6. The molecule has 3 heterocycles. The van der Waals surface area contributed by atoms with E-state index in [4.69, 9.17) is 11.6 Å². The van der Waals surface area contributed by atoms with Crippen LogP contribution in [0.4, 0.5) is 9.93 Å². The number of anilines is 1. The summed E-state index contributed by atoms with van der Waals surface area (Å²) < 4.78 is 27.7. The Balaban J connectivity index is 1.43. The summed E-state index contributed by atoms with van der Waals surface area (Å²) in [6, 6.07) is 3.11. The molecule has 27 heavy (non-hydrogen) atoms. The molecule has 146 valence electrons. The number of carbonyl (C=O) groups excluding carboxylic acids is 1. The van der Waals surface area contributed by atoms with Crippen LogP contribution in [0.2, 0.25) is 4.34 Å². The Morgan fingerprint density at radius 3 is 2.74 bits per heavy atom. The van der Waals surface area contributed by atoms with Gasteiger partial charge in [-0.3, -0.25) is 5.32 Å². The molecule has 1 aliphatic carbocycles. The van der Waals surface area contributed by atoms with Crippen molar-refractivity contribution in [2.45, 2.75) is 48.9 Å². The summed E-state index contributed by atoms with van der Waals surface area (Å²) in [5.74, 6) is 0. The predicted molar refractivity (Wildman–Crippen MR) is 107 cm³/mol. The highest BCUT2D eigenvalue weighted by atomic mass is 35.5. The van der Waals surface area contributed by atoms with Gasteiger partial charge in [0.1, 0.15) is 4.21 Å². The highest BCUT2D eigenvalue weighted by molar-refractivity contribution is 7.91. The minimum absolute atomic E-state index is 0.234. The molecule has 0 bridgehead atoms. The summed E-state index contributed by atoms with van der Waals surface area (Å²) >= 11 is 8.27. The molecule has 2 aliphatic rings. The second kappa shape index (κ2) is 7.67. The first-order valence-electron chi connectivity index (χ1n) is 8.73. The Bertz CT molecular complexity index is 950. The third-order valence-corrected chi connectivity index (χ3v) is 9.29. The summed E-state index contributed by atoms with van der Waals surface area (Å²) in [7, 11) is -3.57. The number of aromatic nitrogens is 1. The molecule has 2 N–H and O–H groups in total. The van der Waals surface area contributed by atoms with E-state index in [1.165, 1.54) is 21.7 Å². The van der Waals surface area contributed by atoms with E-state index in [0.717, 1.165) is 47.6 Å². The highest BCUT2D eigenvalue weighted by Gasteiger charge is 2.31. The van der Waals surface area contributed by atoms with Crippen molar-refractivity contribution in [3.05, 3.63) is 27.0 Å². The molecule has 7 nitrogen and oxygen atoms in total. The lowest BCUT2D eigenvalue weighted by Crippen LogP contribution is -2.36. The average molecular weight is 447 g/mol. The molecule has 4 rings (SSSR count). The first-order valence-corrected chi connectivity index (χ1v) is 12.2. The molecular formula is C16H19ClN4O3S3. The molecule has 1 aliphatic heterocycles. The van der Waals surface area contributed by atoms with Gasteiger partial charge in [-0.15, -0.1) is 11.3 Å². The maximum absolute atomic E-state index is 12.8. The predicted octanol–water partition coefficient (Wildman–Crippen LogP) is 3.67. The van der Waals surface area contributed by atoms with E-state index >= 15 is 0 Å². The van der Waals surface area contributed by atoms with Gasteiger partial charge in [0.25, 0.3) is 10.0 Å². The van der Waals surface area contributed by atoms with E-state index in [1.54, 1.807) is 6.07 Å². The fraction of sp³-hybridized carbons (Fsp3) is 0.500. The van der Waals surface area contributed by atoms with Crippen LogP contribution in [-0.2, 0) is 23.0 Å². The van der Waals surface area contributed by atoms with Crippen LogP contribution in [0.3, 0.4) is 0 Å². The molecule has 0 atom stereocenters. The molecule has 2 aromatic rings. The molecule has 0 saturated heterocycles. The van der Waals surface area contributed by atoms with Crippen molar-refractivity contribution >= 4 is 55.5 Å². The SMILES string of the molecule is O=C(Nc1nc2c(s1)CN(S(=O)(=O)c1ccc(Cl)s1)CC2)NC1CCCC1.